The van der Waals surface area contributed by atoms with Gasteiger partial charge in [-0.05, 0) is 29.8 Å². The Bertz CT molecular complexity index is 892. The number of nitrogens with one attached hydrogen (secondary N) is 2. The van der Waals surface area contributed by atoms with E-state index in [2.05, 4.69) is 5.32 Å². The normalized spacial score (nSPS) is 10.2. The fourth-order valence-corrected chi connectivity index (χ4v) is 2.51. The van der Waals surface area contributed by atoms with Gasteiger partial charge in [0.1, 0.15) is 0 Å². The van der Waals surface area contributed by atoms with Crippen LogP contribution in [0.4, 0.5) is 17.1 Å². The number of para-hydroxylation sites is 2. The summed E-state index contributed by atoms with van der Waals surface area (Å²) in [7, 11) is 0. The van der Waals surface area contributed by atoms with E-state index >= 15 is 0 Å². The minimum atomic E-state index is -0.385. The molecule has 0 unspecified atom stereocenters. The summed E-state index contributed by atoms with van der Waals surface area (Å²) in [6, 6.07) is 21.6. The van der Waals surface area contributed by atoms with Gasteiger partial charge in [0.15, 0.2) is 0 Å². The number of anilines is 2. The van der Waals surface area contributed by atoms with E-state index < -0.39 is 0 Å². The molecule has 0 atom stereocenters. The topological polar surface area (TPSA) is 79.0 Å². The highest BCUT2D eigenvalue weighted by Gasteiger charge is 2.15. The van der Waals surface area contributed by atoms with Crippen LogP contribution < -0.4 is 5.32 Å². The number of benzene rings is 3. The van der Waals surface area contributed by atoms with Crippen molar-refractivity contribution in [2.75, 3.05) is 5.32 Å². The van der Waals surface area contributed by atoms with Crippen molar-refractivity contribution in [1.29, 1.82) is 5.41 Å². The fourth-order valence-electron chi connectivity index (χ4n) is 2.51. The molecule has 5 heteroatoms. The van der Waals surface area contributed by atoms with Crippen molar-refractivity contribution in [2.45, 2.75) is 0 Å². The van der Waals surface area contributed by atoms with Gasteiger partial charge in [0.05, 0.1) is 10.5 Å². The maximum Gasteiger partial charge on any atom is 0.277 e. The van der Waals surface area contributed by atoms with Crippen LogP contribution in [0.15, 0.2) is 72.8 Å². The van der Waals surface area contributed by atoms with Gasteiger partial charge >= 0.3 is 0 Å². The minimum absolute atomic E-state index is 0.0609. The first-order valence-electron chi connectivity index (χ1n) is 7.39. The van der Waals surface area contributed by atoms with E-state index in [-0.39, 0.29) is 10.6 Å². The summed E-state index contributed by atoms with van der Waals surface area (Å²) in [6.45, 7) is 0. The second-order valence-electron chi connectivity index (χ2n) is 5.21. The standard InChI is InChI=1S/C19H15N3O2/c20-13-15-11-10-14(17-8-4-5-9-19(17)22(23)24)12-18(15)21-16-6-2-1-3-7-16/h1-13,20-21H. The Labute approximate surface area is 139 Å². The van der Waals surface area contributed by atoms with Crippen LogP contribution in [-0.4, -0.2) is 11.1 Å². The SMILES string of the molecule is N=Cc1ccc(-c2ccccc2[N+](=O)[O-])cc1Nc1ccccc1. The summed E-state index contributed by atoms with van der Waals surface area (Å²) in [4.78, 5) is 10.9. The lowest BCUT2D eigenvalue weighted by atomic mass is 10.0. The van der Waals surface area contributed by atoms with Crippen LogP contribution >= 0.6 is 0 Å². The zero-order chi connectivity index (χ0) is 16.9. The largest absolute Gasteiger partial charge is 0.355 e. The zero-order valence-corrected chi connectivity index (χ0v) is 12.8. The van der Waals surface area contributed by atoms with Gasteiger partial charge in [0.25, 0.3) is 5.69 Å². The van der Waals surface area contributed by atoms with Gasteiger partial charge in [-0.25, -0.2) is 0 Å². The van der Waals surface area contributed by atoms with Gasteiger partial charge in [0, 0.05) is 29.2 Å². The Morgan fingerprint density at radius 3 is 2.38 bits per heavy atom. The fraction of sp³-hybridized carbons (Fsp3) is 0. The molecular formula is C19H15N3O2. The molecule has 5 nitrogen and oxygen atoms in total. The predicted octanol–water partition coefficient (Wildman–Crippen LogP) is 5.00. The molecule has 0 heterocycles. The van der Waals surface area contributed by atoms with Crippen molar-refractivity contribution in [2.24, 2.45) is 0 Å². The van der Waals surface area contributed by atoms with Crippen LogP contribution in [0.2, 0.25) is 0 Å². The molecule has 0 aliphatic heterocycles. The maximum absolute atomic E-state index is 11.2. The third-order valence-corrected chi connectivity index (χ3v) is 3.67. The zero-order valence-electron chi connectivity index (χ0n) is 12.8. The highest BCUT2D eigenvalue weighted by Crippen LogP contribution is 2.32. The second kappa shape index (κ2) is 6.75. The summed E-state index contributed by atoms with van der Waals surface area (Å²) in [6.07, 6.45) is 1.26. The molecule has 0 aromatic heterocycles. The number of nitro benzene ring substituents is 1. The van der Waals surface area contributed by atoms with Gasteiger partial charge in [-0.2, -0.15) is 0 Å². The Kier molecular flexibility index (Phi) is 4.34. The van der Waals surface area contributed by atoms with Gasteiger partial charge in [-0.3, -0.25) is 10.1 Å². The lowest BCUT2D eigenvalue weighted by Gasteiger charge is -2.12. The lowest BCUT2D eigenvalue weighted by molar-refractivity contribution is -0.384. The highest BCUT2D eigenvalue weighted by atomic mass is 16.6. The summed E-state index contributed by atoms with van der Waals surface area (Å²) in [5, 5.41) is 22.1. The van der Waals surface area contributed by atoms with Gasteiger partial charge in [-0.15, -0.1) is 0 Å². The number of rotatable bonds is 5. The van der Waals surface area contributed by atoms with E-state index in [1.54, 1.807) is 30.3 Å². The van der Waals surface area contributed by atoms with Crippen molar-refractivity contribution in [3.05, 3.63) is 88.5 Å². The molecule has 3 aromatic rings. The molecule has 0 aliphatic carbocycles. The molecule has 118 valence electrons. The van der Waals surface area contributed by atoms with Crippen LogP contribution in [0.3, 0.4) is 0 Å². The Morgan fingerprint density at radius 2 is 1.67 bits per heavy atom. The van der Waals surface area contributed by atoms with Crippen molar-refractivity contribution < 1.29 is 4.92 Å². The van der Waals surface area contributed by atoms with Crippen LogP contribution in [0.1, 0.15) is 5.56 Å². The molecule has 0 spiro atoms. The molecule has 0 saturated carbocycles. The number of nitrogens with zero attached hydrogens (tertiary/aromatic N) is 1. The van der Waals surface area contributed by atoms with Crippen LogP contribution in [0, 0.1) is 15.5 Å². The molecule has 0 aliphatic rings. The smallest absolute Gasteiger partial charge is 0.277 e. The molecule has 0 bridgehead atoms. The summed E-state index contributed by atoms with van der Waals surface area (Å²) < 4.78 is 0. The highest BCUT2D eigenvalue weighted by molar-refractivity contribution is 5.90. The summed E-state index contributed by atoms with van der Waals surface area (Å²) in [5.41, 5.74) is 3.67. The van der Waals surface area contributed by atoms with E-state index in [0.717, 1.165) is 16.9 Å². The van der Waals surface area contributed by atoms with Crippen molar-refractivity contribution >= 4 is 23.3 Å². The molecule has 0 fully saturated rings. The first-order chi connectivity index (χ1) is 11.7. The maximum atomic E-state index is 11.2. The number of nitro groups is 1. The molecule has 3 rings (SSSR count). The van der Waals surface area contributed by atoms with Crippen LogP contribution in [0.25, 0.3) is 11.1 Å². The molecule has 24 heavy (non-hydrogen) atoms. The third-order valence-electron chi connectivity index (χ3n) is 3.67. The Balaban J connectivity index is 2.07. The Hall–Kier alpha value is -3.47. The van der Waals surface area contributed by atoms with E-state index in [1.807, 2.05) is 36.4 Å². The summed E-state index contributed by atoms with van der Waals surface area (Å²) in [5.74, 6) is 0. The average molecular weight is 317 g/mol. The first kappa shape index (κ1) is 15.4. The van der Waals surface area contributed by atoms with Crippen molar-refractivity contribution in [1.82, 2.24) is 0 Å². The van der Waals surface area contributed by atoms with Crippen LogP contribution in [-0.2, 0) is 0 Å². The molecule has 2 N–H and O–H groups in total. The van der Waals surface area contributed by atoms with E-state index in [0.29, 0.717) is 11.1 Å². The van der Waals surface area contributed by atoms with Gasteiger partial charge in [-0.1, -0.05) is 42.5 Å². The van der Waals surface area contributed by atoms with E-state index in [1.165, 1.54) is 12.3 Å². The summed E-state index contributed by atoms with van der Waals surface area (Å²) >= 11 is 0. The van der Waals surface area contributed by atoms with E-state index in [9.17, 15) is 10.1 Å². The lowest BCUT2D eigenvalue weighted by Crippen LogP contribution is -1.97. The van der Waals surface area contributed by atoms with Crippen molar-refractivity contribution in [3.63, 3.8) is 0 Å². The quantitative estimate of drug-likeness (QED) is 0.394. The third kappa shape index (κ3) is 3.15. The number of hydrogen-bond acceptors (Lipinski definition) is 4. The van der Waals surface area contributed by atoms with Crippen LogP contribution in [0.5, 0.6) is 0 Å². The van der Waals surface area contributed by atoms with Crippen molar-refractivity contribution in [3.8, 4) is 11.1 Å². The Morgan fingerprint density at radius 1 is 0.958 bits per heavy atom. The second-order valence-corrected chi connectivity index (χ2v) is 5.21. The van der Waals surface area contributed by atoms with E-state index in [4.69, 9.17) is 5.41 Å². The van der Waals surface area contributed by atoms with Gasteiger partial charge in [0.2, 0.25) is 0 Å². The molecule has 0 saturated heterocycles. The first-order valence-corrected chi connectivity index (χ1v) is 7.39. The molecule has 0 radical (unpaired) electrons. The molecular weight excluding hydrogens is 302 g/mol. The average Bonchev–Trinajstić information content (AvgIpc) is 2.62. The minimum Gasteiger partial charge on any atom is -0.355 e. The van der Waals surface area contributed by atoms with Gasteiger partial charge < -0.3 is 10.7 Å². The predicted molar refractivity (Wildman–Crippen MR) is 96.1 cm³/mol. The number of hydrogen-bond donors (Lipinski definition) is 2. The molecule has 3 aromatic carbocycles. The monoisotopic (exact) mass is 317 g/mol. The molecule has 0 amide bonds.